The maximum Gasteiger partial charge on any atom is 0.172 e. The fourth-order valence-electron chi connectivity index (χ4n) is 4.62. The van der Waals surface area contributed by atoms with Crippen LogP contribution in [0.5, 0.6) is 5.75 Å². The van der Waals surface area contributed by atoms with Crippen LogP contribution in [0.1, 0.15) is 23.6 Å². The molecule has 154 valence electrons. The average Bonchev–Trinajstić information content (AvgIpc) is 3.36. The van der Waals surface area contributed by atoms with Crippen molar-refractivity contribution in [1.82, 2.24) is 24.3 Å². The van der Waals surface area contributed by atoms with Crippen molar-refractivity contribution in [3.8, 4) is 11.6 Å². The van der Waals surface area contributed by atoms with Gasteiger partial charge in [0.05, 0.1) is 11.6 Å². The number of aromatic nitrogens is 5. The van der Waals surface area contributed by atoms with Crippen LogP contribution in [0.4, 0.5) is 10.2 Å². The Morgan fingerprint density at radius 2 is 1.94 bits per heavy atom. The van der Waals surface area contributed by atoms with E-state index < -0.39 is 5.82 Å². The van der Waals surface area contributed by atoms with E-state index in [1.807, 2.05) is 4.68 Å². The number of anilines is 1. The maximum absolute atomic E-state index is 14.1. The molecular weight excluding hydrogens is 395 g/mol. The monoisotopic (exact) mass is 414 g/mol. The molecule has 0 saturated heterocycles. The highest BCUT2D eigenvalue weighted by atomic mass is 19.1. The molecule has 6 rings (SSSR count). The number of nitrogens with zero attached hydrogens (tertiary/aromatic N) is 5. The summed E-state index contributed by atoms with van der Waals surface area (Å²) in [5.41, 5.74) is 10.2. The summed E-state index contributed by atoms with van der Waals surface area (Å²) in [5, 5.41) is 16.0. The zero-order valence-corrected chi connectivity index (χ0v) is 16.5. The number of nitrogens with two attached hydrogens (primary N) is 1. The molecule has 0 saturated carbocycles. The molecule has 3 N–H and O–H groups in total. The molecule has 8 heteroatoms. The van der Waals surface area contributed by atoms with E-state index in [2.05, 4.69) is 34.2 Å². The van der Waals surface area contributed by atoms with Crippen LogP contribution in [0, 0.1) is 5.82 Å². The topological polar surface area (TPSA) is 94.8 Å². The second kappa shape index (κ2) is 6.53. The molecule has 3 heterocycles. The molecule has 0 spiro atoms. The number of aromatic hydroxyl groups is 1. The van der Waals surface area contributed by atoms with Crippen LogP contribution in [0.3, 0.4) is 0 Å². The highest BCUT2D eigenvalue weighted by Gasteiger charge is 2.26. The van der Waals surface area contributed by atoms with Gasteiger partial charge in [-0.05, 0) is 42.5 Å². The largest absolute Gasteiger partial charge is 0.505 e. The number of halogens is 1. The summed E-state index contributed by atoms with van der Waals surface area (Å²) < 4.78 is 17.8. The van der Waals surface area contributed by atoms with Crippen LogP contribution in [0.2, 0.25) is 0 Å². The predicted octanol–water partition coefficient (Wildman–Crippen LogP) is 3.93. The van der Waals surface area contributed by atoms with Crippen LogP contribution in [-0.2, 0) is 12.8 Å². The Morgan fingerprint density at radius 1 is 1.10 bits per heavy atom. The number of nitrogen functional groups attached to an aromatic ring is 1. The van der Waals surface area contributed by atoms with Crippen molar-refractivity contribution >= 4 is 27.8 Å². The normalized spacial score (nSPS) is 16.1. The van der Waals surface area contributed by atoms with Gasteiger partial charge in [-0.2, -0.15) is 5.10 Å². The van der Waals surface area contributed by atoms with Crippen LogP contribution in [0.25, 0.3) is 27.8 Å². The van der Waals surface area contributed by atoms with Gasteiger partial charge in [-0.3, -0.25) is 4.57 Å². The van der Waals surface area contributed by atoms with E-state index in [9.17, 15) is 9.50 Å². The first-order valence-corrected chi connectivity index (χ1v) is 10.2. The van der Waals surface area contributed by atoms with Gasteiger partial charge >= 0.3 is 0 Å². The molecular formula is C23H19FN6O. The fourth-order valence-corrected chi connectivity index (χ4v) is 4.62. The molecule has 31 heavy (non-hydrogen) atoms. The number of hydrogen-bond donors (Lipinski definition) is 2. The summed E-state index contributed by atoms with van der Waals surface area (Å²) >= 11 is 0. The smallest absolute Gasteiger partial charge is 0.172 e. The number of rotatable bonds is 2. The van der Waals surface area contributed by atoms with Gasteiger partial charge in [0.15, 0.2) is 23.0 Å². The zero-order valence-electron chi connectivity index (χ0n) is 16.5. The number of phenols is 1. The van der Waals surface area contributed by atoms with Crippen molar-refractivity contribution in [2.45, 2.75) is 25.3 Å². The number of fused-ring (bicyclic) bond motifs is 3. The molecule has 1 aliphatic carbocycles. The molecule has 0 fully saturated rings. The molecule has 0 bridgehead atoms. The second-order valence-electron chi connectivity index (χ2n) is 7.94. The lowest BCUT2D eigenvalue weighted by Gasteiger charge is -2.25. The Morgan fingerprint density at radius 3 is 2.81 bits per heavy atom. The Hall–Kier alpha value is -3.94. The highest BCUT2D eigenvalue weighted by Crippen LogP contribution is 2.35. The van der Waals surface area contributed by atoms with Gasteiger partial charge < -0.3 is 10.8 Å². The first-order valence-electron chi connectivity index (χ1n) is 10.2. The lowest BCUT2D eigenvalue weighted by atomic mass is 9.88. The van der Waals surface area contributed by atoms with Gasteiger partial charge in [0, 0.05) is 17.6 Å². The van der Waals surface area contributed by atoms with Crippen molar-refractivity contribution in [1.29, 1.82) is 0 Å². The summed E-state index contributed by atoms with van der Waals surface area (Å²) in [7, 11) is 0. The Kier molecular flexibility index (Phi) is 3.77. The number of hydrogen-bond acceptors (Lipinski definition) is 5. The van der Waals surface area contributed by atoms with E-state index in [4.69, 9.17) is 10.8 Å². The van der Waals surface area contributed by atoms with E-state index in [0.29, 0.717) is 33.6 Å². The molecule has 7 nitrogen and oxygen atoms in total. The second-order valence-corrected chi connectivity index (χ2v) is 7.94. The molecule has 0 radical (unpaired) electrons. The minimum Gasteiger partial charge on any atom is -0.505 e. The molecule has 1 unspecified atom stereocenters. The first kappa shape index (κ1) is 17.9. The minimum absolute atomic E-state index is 0.128. The Bertz CT molecular complexity index is 1470. The van der Waals surface area contributed by atoms with Crippen LogP contribution in [0.15, 0.2) is 55.0 Å². The summed E-state index contributed by atoms with van der Waals surface area (Å²) in [6.07, 6.45) is 5.99. The van der Waals surface area contributed by atoms with Crippen LogP contribution >= 0.6 is 0 Å². The minimum atomic E-state index is -0.690. The van der Waals surface area contributed by atoms with Crippen LogP contribution in [-0.4, -0.2) is 29.4 Å². The number of phenolic OH excluding ortho intramolecular Hbond substituents is 1. The van der Waals surface area contributed by atoms with Gasteiger partial charge in [0.25, 0.3) is 0 Å². The maximum atomic E-state index is 14.1. The molecule has 1 aliphatic rings. The van der Waals surface area contributed by atoms with Gasteiger partial charge in [0.2, 0.25) is 0 Å². The van der Waals surface area contributed by atoms with Crippen molar-refractivity contribution < 1.29 is 9.50 Å². The fraction of sp³-hybridized carbons (Fsp3) is 0.174. The highest BCUT2D eigenvalue weighted by molar-refractivity contribution is 5.95. The first-order chi connectivity index (χ1) is 15.1. The molecule has 3 aromatic heterocycles. The van der Waals surface area contributed by atoms with E-state index in [1.165, 1.54) is 29.6 Å². The Labute approximate surface area is 176 Å². The van der Waals surface area contributed by atoms with Gasteiger partial charge in [-0.15, -0.1) is 0 Å². The summed E-state index contributed by atoms with van der Waals surface area (Å²) in [6.45, 7) is 0. The summed E-state index contributed by atoms with van der Waals surface area (Å²) in [4.78, 5) is 8.67. The van der Waals surface area contributed by atoms with Gasteiger partial charge in [-0.1, -0.05) is 24.3 Å². The third-order valence-corrected chi connectivity index (χ3v) is 6.15. The van der Waals surface area contributed by atoms with Crippen molar-refractivity contribution in [2.75, 3.05) is 5.73 Å². The van der Waals surface area contributed by atoms with Gasteiger partial charge in [0.1, 0.15) is 17.5 Å². The zero-order chi connectivity index (χ0) is 21.1. The van der Waals surface area contributed by atoms with Crippen LogP contribution < -0.4 is 5.73 Å². The standard InChI is InChI=1S/C23H19FN6O/c24-17-11-18-15(10-19(17)31)7-8-29(18)23-20-21(25)26-12-27-22(20)30(28-23)16-6-5-13-3-1-2-4-14(13)9-16/h1-4,7-8,10-12,16,31H,5-6,9H2,(H2,25,26,27). The lowest BCUT2D eigenvalue weighted by Crippen LogP contribution is -2.20. The van der Waals surface area contributed by atoms with Crippen molar-refractivity contribution in [3.05, 3.63) is 71.9 Å². The molecule has 1 atom stereocenters. The van der Waals surface area contributed by atoms with Crippen molar-refractivity contribution in [2.24, 2.45) is 0 Å². The lowest BCUT2D eigenvalue weighted by molar-refractivity contribution is 0.413. The average molecular weight is 414 g/mol. The quantitative estimate of drug-likeness (QED) is 0.456. The van der Waals surface area contributed by atoms with Crippen molar-refractivity contribution in [3.63, 3.8) is 0 Å². The van der Waals surface area contributed by atoms with E-state index >= 15 is 0 Å². The predicted molar refractivity (Wildman–Crippen MR) is 116 cm³/mol. The summed E-state index contributed by atoms with van der Waals surface area (Å²) in [6, 6.07) is 13.1. The molecule has 0 aliphatic heterocycles. The summed E-state index contributed by atoms with van der Waals surface area (Å²) in [5.74, 6) is -0.204. The molecule has 2 aromatic carbocycles. The van der Waals surface area contributed by atoms with E-state index in [0.717, 1.165) is 19.3 Å². The third-order valence-electron chi connectivity index (χ3n) is 6.15. The molecule has 5 aromatic rings. The third kappa shape index (κ3) is 2.68. The number of benzene rings is 2. The number of aryl methyl sites for hydroxylation is 1. The Balaban J connectivity index is 1.55. The van der Waals surface area contributed by atoms with Gasteiger partial charge in [-0.25, -0.2) is 19.0 Å². The van der Waals surface area contributed by atoms with E-state index in [-0.39, 0.29) is 11.8 Å². The SMILES string of the molecule is Nc1ncnc2c1c(-n1ccc3cc(O)c(F)cc31)nn2C1CCc2ccccc2C1. The van der Waals surface area contributed by atoms with E-state index in [1.54, 1.807) is 16.8 Å². The molecule has 0 amide bonds.